The Balaban J connectivity index is 2.62. The first-order valence-electron chi connectivity index (χ1n) is 7.51. The number of hydrogen-bond donors (Lipinski definition) is 2. The minimum absolute atomic E-state index is 0.00359. The summed E-state index contributed by atoms with van der Waals surface area (Å²) in [6.07, 6.45) is 0. The summed E-state index contributed by atoms with van der Waals surface area (Å²) in [6, 6.07) is 10.00. The minimum atomic E-state index is -0.826. The molecule has 0 bridgehead atoms. The molecule has 118 valence electrons. The van der Waals surface area contributed by atoms with E-state index in [0.29, 0.717) is 32.1 Å². The first kappa shape index (κ1) is 17.7. The molecule has 2 N–H and O–H groups in total. The van der Waals surface area contributed by atoms with Crippen molar-refractivity contribution in [2.75, 3.05) is 19.6 Å². The van der Waals surface area contributed by atoms with Gasteiger partial charge in [0.2, 0.25) is 5.91 Å². The lowest BCUT2D eigenvalue weighted by molar-refractivity contribution is -0.123. The summed E-state index contributed by atoms with van der Waals surface area (Å²) >= 11 is 0. The molecule has 0 aliphatic heterocycles. The molecule has 0 aromatic heterocycles. The van der Waals surface area contributed by atoms with Crippen LogP contribution in [0.3, 0.4) is 0 Å². The molecule has 0 heterocycles. The molecule has 1 aromatic rings. The van der Waals surface area contributed by atoms with Gasteiger partial charge in [-0.15, -0.1) is 0 Å². The average molecular weight is 292 g/mol. The average Bonchev–Trinajstić information content (AvgIpc) is 2.35. The molecule has 0 radical (unpaired) electrons. The SMILES string of the molecule is CC(C)CNC(=O)CN(Cc1ccccc1)CC(C)(C)O. The van der Waals surface area contributed by atoms with Crippen molar-refractivity contribution in [1.82, 2.24) is 10.2 Å². The predicted molar refractivity (Wildman–Crippen MR) is 85.9 cm³/mol. The van der Waals surface area contributed by atoms with Gasteiger partial charge in [-0.25, -0.2) is 0 Å². The molecule has 0 aliphatic rings. The molecule has 21 heavy (non-hydrogen) atoms. The zero-order valence-corrected chi connectivity index (χ0v) is 13.6. The van der Waals surface area contributed by atoms with Gasteiger partial charge in [0.05, 0.1) is 12.1 Å². The zero-order chi connectivity index (χ0) is 15.9. The maximum Gasteiger partial charge on any atom is 0.234 e. The summed E-state index contributed by atoms with van der Waals surface area (Å²) in [4.78, 5) is 14.0. The minimum Gasteiger partial charge on any atom is -0.389 e. The van der Waals surface area contributed by atoms with E-state index < -0.39 is 5.60 Å². The fourth-order valence-electron chi connectivity index (χ4n) is 2.13. The Morgan fingerprint density at radius 1 is 1.29 bits per heavy atom. The first-order valence-corrected chi connectivity index (χ1v) is 7.51. The lowest BCUT2D eigenvalue weighted by Gasteiger charge is -2.28. The van der Waals surface area contributed by atoms with Gasteiger partial charge in [0.15, 0.2) is 0 Å². The van der Waals surface area contributed by atoms with E-state index in [4.69, 9.17) is 0 Å². The summed E-state index contributed by atoms with van der Waals surface area (Å²) in [7, 11) is 0. The van der Waals surface area contributed by atoms with Gasteiger partial charge in [-0.05, 0) is 25.3 Å². The number of carbonyl (C=O) groups is 1. The van der Waals surface area contributed by atoms with E-state index in [2.05, 4.69) is 19.2 Å². The van der Waals surface area contributed by atoms with Crippen molar-refractivity contribution < 1.29 is 9.90 Å². The summed E-state index contributed by atoms with van der Waals surface area (Å²) in [5, 5.41) is 12.9. The van der Waals surface area contributed by atoms with Crippen molar-refractivity contribution in [2.24, 2.45) is 5.92 Å². The number of rotatable bonds is 8. The van der Waals surface area contributed by atoms with Crippen molar-refractivity contribution >= 4 is 5.91 Å². The monoisotopic (exact) mass is 292 g/mol. The second kappa shape index (κ2) is 8.15. The summed E-state index contributed by atoms with van der Waals surface area (Å²) < 4.78 is 0. The number of nitrogens with zero attached hydrogens (tertiary/aromatic N) is 1. The number of benzene rings is 1. The maximum atomic E-state index is 12.0. The number of carbonyl (C=O) groups excluding carboxylic acids is 1. The highest BCUT2D eigenvalue weighted by Gasteiger charge is 2.20. The van der Waals surface area contributed by atoms with Crippen LogP contribution in [0.4, 0.5) is 0 Å². The predicted octanol–water partition coefficient (Wildman–Crippen LogP) is 2.03. The van der Waals surface area contributed by atoms with E-state index in [1.165, 1.54) is 0 Å². The second-order valence-corrected chi connectivity index (χ2v) is 6.64. The molecule has 0 spiro atoms. The van der Waals surface area contributed by atoms with Gasteiger partial charge in [0.25, 0.3) is 0 Å². The summed E-state index contributed by atoms with van der Waals surface area (Å²) in [5.41, 5.74) is 0.311. The lowest BCUT2D eigenvalue weighted by Crippen LogP contribution is -2.44. The van der Waals surface area contributed by atoms with Crippen molar-refractivity contribution in [3.05, 3.63) is 35.9 Å². The highest BCUT2D eigenvalue weighted by Crippen LogP contribution is 2.10. The maximum absolute atomic E-state index is 12.0. The summed E-state index contributed by atoms with van der Waals surface area (Å²) in [5.74, 6) is 0.440. The quantitative estimate of drug-likeness (QED) is 0.771. The standard InChI is InChI=1S/C17H28N2O2/c1-14(2)10-18-16(20)12-19(13-17(3,4)21)11-15-8-6-5-7-9-15/h5-9,14,21H,10-13H2,1-4H3,(H,18,20). The molecular weight excluding hydrogens is 264 g/mol. The normalized spacial score (nSPS) is 12.0. The second-order valence-electron chi connectivity index (χ2n) is 6.64. The number of nitrogens with one attached hydrogen (secondary N) is 1. The molecule has 4 heteroatoms. The van der Waals surface area contributed by atoms with Crippen LogP contribution in [0.5, 0.6) is 0 Å². The van der Waals surface area contributed by atoms with Crippen LogP contribution < -0.4 is 5.32 Å². The van der Waals surface area contributed by atoms with Crippen LogP contribution in [0.25, 0.3) is 0 Å². The first-order chi connectivity index (χ1) is 9.76. The number of amides is 1. The number of hydrogen-bond acceptors (Lipinski definition) is 3. The van der Waals surface area contributed by atoms with Gasteiger partial charge >= 0.3 is 0 Å². The molecule has 4 nitrogen and oxygen atoms in total. The third-order valence-corrected chi connectivity index (χ3v) is 2.93. The van der Waals surface area contributed by atoms with E-state index in [1.54, 1.807) is 13.8 Å². The fourth-order valence-corrected chi connectivity index (χ4v) is 2.13. The van der Waals surface area contributed by atoms with Crippen molar-refractivity contribution in [1.29, 1.82) is 0 Å². The van der Waals surface area contributed by atoms with Crippen LogP contribution in [-0.4, -0.2) is 41.1 Å². The lowest BCUT2D eigenvalue weighted by atomic mass is 10.1. The van der Waals surface area contributed by atoms with Crippen molar-refractivity contribution in [3.63, 3.8) is 0 Å². The number of aliphatic hydroxyl groups is 1. The van der Waals surface area contributed by atoms with Crippen LogP contribution >= 0.6 is 0 Å². The third kappa shape index (κ3) is 8.48. The van der Waals surface area contributed by atoms with E-state index in [0.717, 1.165) is 5.56 Å². The Labute approximate surface area is 128 Å². The van der Waals surface area contributed by atoms with Crippen LogP contribution in [0.2, 0.25) is 0 Å². The van der Waals surface area contributed by atoms with E-state index in [-0.39, 0.29) is 5.91 Å². The smallest absolute Gasteiger partial charge is 0.234 e. The molecular formula is C17H28N2O2. The molecule has 1 amide bonds. The van der Waals surface area contributed by atoms with Crippen LogP contribution in [-0.2, 0) is 11.3 Å². The Kier molecular flexibility index (Phi) is 6.85. The Bertz CT molecular complexity index is 424. The van der Waals surface area contributed by atoms with Crippen LogP contribution in [0.1, 0.15) is 33.3 Å². The largest absolute Gasteiger partial charge is 0.389 e. The Hall–Kier alpha value is -1.39. The molecule has 0 unspecified atom stereocenters. The Morgan fingerprint density at radius 3 is 2.43 bits per heavy atom. The van der Waals surface area contributed by atoms with Gasteiger partial charge in [0, 0.05) is 19.6 Å². The van der Waals surface area contributed by atoms with Crippen LogP contribution in [0.15, 0.2) is 30.3 Å². The van der Waals surface area contributed by atoms with Gasteiger partial charge in [0.1, 0.15) is 0 Å². The van der Waals surface area contributed by atoms with Gasteiger partial charge in [-0.3, -0.25) is 9.69 Å². The van der Waals surface area contributed by atoms with Gasteiger partial charge in [-0.1, -0.05) is 44.2 Å². The van der Waals surface area contributed by atoms with E-state index in [9.17, 15) is 9.90 Å². The molecule has 0 fully saturated rings. The van der Waals surface area contributed by atoms with Crippen molar-refractivity contribution in [3.8, 4) is 0 Å². The third-order valence-electron chi connectivity index (χ3n) is 2.93. The van der Waals surface area contributed by atoms with Gasteiger partial charge < -0.3 is 10.4 Å². The summed E-state index contributed by atoms with van der Waals surface area (Å²) in [6.45, 7) is 9.74. The fraction of sp³-hybridized carbons (Fsp3) is 0.588. The molecule has 1 rings (SSSR count). The Morgan fingerprint density at radius 2 is 1.90 bits per heavy atom. The van der Waals surface area contributed by atoms with Crippen LogP contribution in [0, 0.1) is 5.92 Å². The molecule has 0 atom stereocenters. The van der Waals surface area contributed by atoms with E-state index in [1.807, 2.05) is 35.2 Å². The molecule has 0 aliphatic carbocycles. The molecule has 0 saturated carbocycles. The van der Waals surface area contributed by atoms with E-state index >= 15 is 0 Å². The molecule has 1 aromatic carbocycles. The highest BCUT2D eigenvalue weighted by molar-refractivity contribution is 5.78. The molecule has 0 saturated heterocycles. The van der Waals surface area contributed by atoms with Crippen molar-refractivity contribution in [2.45, 2.75) is 39.8 Å². The topological polar surface area (TPSA) is 52.6 Å². The highest BCUT2D eigenvalue weighted by atomic mass is 16.3. The zero-order valence-electron chi connectivity index (χ0n) is 13.6. The van der Waals surface area contributed by atoms with Gasteiger partial charge in [-0.2, -0.15) is 0 Å².